The highest BCUT2D eigenvalue weighted by Crippen LogP contribution is 2.21. The first-order valence-electron chi connectivity index (χ1n) is 9.91. The van der Waals surface area contributed by atoms with Crippen molar-refractivity contribution in [3.8, 4) is 5.75 Å². The molecule has 1 aromatic carbocycles. The second-order valence-electron chi connectivity index (χ2n) is 8.04. The van der Waals surface area contributed by atoms with Crippen LogP contribution in [0.3, 0.4) is 0 Å². The fourth-order valence-corrected chi connectivity index (χ4v) is 4.09. The standard InChI is InChI=1S/C21H33N3O2/c1-17-5-4-6-20(13-17)26-16-21(25)23-9-7-19(8-10-23)15-24-12-11-22(3)14-18(24)2/h4-6,13,18-19H,7-12,14-16H2,1-3H3. The van der Waals surface area contributed by atoms with Crippen molar-refractivity contribution in [3.63, 3.8) is 0 Å². The van der Waals surface area contributed by atoms with Gasteiger partial charge in [0.1, 0.15) is 5.75 Å². The first kappa shape index (κ1) is 19.2. The quantitative estimate of drug-likeness (QED) is 0.808. The number of piperazine rings is 1. The Kier molecular flexibility index (Phi) is 6.54. The lowest BCUT2D eigenvalue weighted by atomic mass is 9.95. The Morgan fingerprint density at radius 2 is 1.96 bits per heavy atom. The van der Waals surface area contributed by atoms with Gasteiger partial charge in [-0.3, -0.25) is 9.69 Å². The molecule has 1 atom stereocenters. The van der Waals surface area contributed by atoms with Crippen LogP contribution < -0.4 is 4.74 Å². The van der Waals surface area contributed by atoms with Crippen LogP contribution in [0.2, 0.25) is 0 Å². The molecule has 0 N–H and O–H groups in total. The molecular weight excluding hydrogens is 326 g/mol. The molecule has 0 aromatic heterocycles. The number of likely N-dealkylation sites (N-methyl/N-ethyl adjacent to an activating group) is 1. The highest BCUT2D eigenvalue weighted by molar-refractivity contribution is 5.77. The molecule has 2 aliphatic heterocycles. The second-order valence-corrected chi connectivity index (χ2v) is 8.04. The van der Waals surface area contributed by atoms with Crippen molar-refractivity contribution in [1.29, 1.82) is 0 Å². The molecule has 2 saturated heterocycles. The maximum Gasteiger partial charge on any atom is 0.260 e. The second kappa shape index (κ2) is 8.87. The first-order chi connectivity index (χ1) is 12.5. The van der Waals surface area contributed by atoms with Gasteiger partial charge in [-0.1, -0.05) is 12.1 Å². The molecule has 26 heavy (non-hydrogen) atoms. The van der Waals surface area contributed by atoms with Crippen molar-refractivity contribution in [2.45, 2.75) is 32.7 Å². The number of benzene rings is 1. The molecule has 0 saturated carbocycles. The Morgan fingerprint density at radius 1 is 1.19 bits per heavy atom. The molecule has 5 heteroatoms. The third kappa shape index (κ3) is 5.21. The van der Waals surface area contributed by atoms with Crippen LogP contribution in [-0.4, -0.2) is 79.6 Å². The number of nitrogens with zero attached hydrogens (tertiary/aromatic N) is 3. The highest BCUT2D eigenvalue weighted by Gasteiger charge is 2.28. The summed E-state index contributed by atoms with van der Waals surface area (Å²) in [6.45, 7) is 10.9. The van der Waals surface area contributed by atoms with Crippen molar-refractivity contribution >= 4 is 5.91 Å². The van der Waals surface area contributed by atoms with Gasteiger partial charge in [0.2, 0.25) is 0 Å². The Hall–Kier alpha value is -1.59. The maximum absolute atomic E-state index is 12.4. The van der Waals surface area contributed by atoms with E-state index in [1.807, 2.05) is 36.1 Å². The number of likely N-dealkylation sites (tertiary alicyclic amines) is 1. The van der Waals surface area contributed by atoms with Crippen molar-refractivity contribution in [2.24, 2.45) is 5.92 Å². The van der Waals surface area contributed by atoms with Gasteiger partial charge in [-0.25, -0.2) is 0 Å². The summed E-state index contributed by atoms with van der Waals surface area (Å²) in [4.78, 5) is 19.4. The number of carbonyl (C=O) groups excluding carboxylic acids is 1. The predicted molar refractivity (Wildman–Crippen MR) is 105 cm³/mol. The minimum Gasteiger partial charge on any atom is -0.484 e. The van der Waals surface area contributed by atoms with Crippen LogP contribution in [0.5, 0.6) is 5.75 Å². The van der Waals surface area contributed by atoms with Gasteiger partial charge < -0.3 is 14.5 Å². The van der Waals surface area contributed by atoms with Crippen molar-refractivity contribution in [2.75, 3.05) is 52.9 Å². The molecule has 0 spiro atoms. The van der Waals surface area contributed by atoms with Gasteiger partial charge in [-0.2, -0.15) is 0 Å². The van der Waals surface area contributed by atoms with E-state index in [1.54, 1.807) is 0 Å². The topological polar surface area (TPSA) is 36.0 Å². The van der Waals surface area contributed by atoms with E-state index in [2.05, 4.69) is 23.8 Å². The highest BCUT2D eigenvalue weighted by atomic mass is 16.5. The van der Waals surface area contributed by atoms with Gasteiger partial charge in [0.15, 0.2) is 6.61 Å². The smallest absolute Gasteiger partial charge is 0.260 e. The van der Waals surface area contributed by atoms with Crippen LogP contribution in [0, 0.1) is 12.8 Å². The zero-order chi connectivity index (χ0) is 18.5. The normalized spacial score (nSPS) is 23.2. The number of carbonyl (C=O) groups is 1. The van der Waals surface area contributed by atoms with Crippen LogP contribution in [-0.2, 0) is 4.79 Å². The summed E-state index contributed by atoms with van der Waals surface area (Å²) in [7, 11) is 2.21. The van der Waals surface area contributed by atoms with E-state index in [0.29, 0.717) is 12.0 Å². The fourth-order valence-electron chi connectivity index (χ4n) is 4.09. The number of aryl methyl sites for hydroxylation is 1. The largest absolute Gasteiger partial charge is 0.484 e. The van der Waals surface area contributed by atoms with Crippen molar-refractivity contribution in [3.05, 3.63) is 29.8 Å². The van der Waals surface area contributed by atoms with E-state index in [-0.39, 0.29) is 12.5 Å². The molecular formula is C21H33N3O2. The van der Waals surface area contributed by atoms with Crippen LogP contribution in [0.15, 0.2) is 24.3 Å². The van der Waals surface area contributed by atoms with Crippen molar-refractivity contribution < 1.29 is 9.53 Å². The summed E-state index contributed by atoms with van der Waals surface area (Å²) in [5, 5.41) is 0. The van der Waals surface area contributed by atoms with Gasteiger partial charge in [-0.05, 0) is 57.4 Å². The third-order valence-electron chi connectivity index (χ3n) is 5.78. The van der Waals surface area contributed by atoms with Crippen LogP contribution in [0.4, 0.5) is 0 Å². The summed E-state index contributed by atoms with van der Waals surface area (Å²) in [6.07, 6.45) is 2.21. The van der Waals surface area contributed by atoms with E-state index in [0.717, 1.165) is 50.3 Å². The number of hydrogen-bond acceptors (Lipinski definition) is 4. The lowest BCUT2D eigenvalue weighted by Crippen LogP contribution is -2.52. The summed E-state index contributed by atoms with van der Waals surface area (Å²) in [5.74, 6) is 1.60. The molecule has 1 aromatic rings. The molecule has 0 aliphatic carbocycles. The zero-order valence-corrected chi connectivity index (χ0v) is 16.5. The van der Waals surface area contributed by atoms with E-state index < -0.39 is 0 Å². The predicted octanol–water partition coefficient (Wildman–Crippen LogP) is 2.25. The summed E-state index contributed by atoms with van der Waals surface area (Å²) >= 11 is 0. The van der Waals surface area contributed by atoms with E-state index in [1.165, 1.54) is 13.1 Å². The van der Waals surface area contributed by atoms with Gasteiger partial charge in [-0.15, -0.1) is 0 Å². The Balaban J connectivity index is 1.39. The molecule has 144 valence electrons. The molecule has 3 rings (SSSR count). The average molecular weight is 360 g/mol. The number of rotatable bonds is 5. The van der Waals surface area contributed by atoms with Crippen LogP contribution in [0.25, 0.3) is 0 Å². The number of ether oxygens (including phenoxy) is 1. The Bertz CT molecular complexity index is 599. The van der Waals surface area contributed by atoms with Gasteiger partial charge in [0.25, 0.3) is 5.91 Å². The third-order valence-corrected chi connectivity index (χ3v) is 5.78. The Labute approximate surface area is 157 Å². The molecule has 1 unspecified atom stereocenters. The van der Waals surface area contributed by atoms with Gasteiger partial charge >= 0.3 is 0 Å². The fraction of sp³-hybridized carbons (Fsp3) is 0.667. The summed E-state index contributed by atoms with van der Waals surface area (Å²) in [6, 6.07) is 8.50. The lowest BCUT2D eigenvalue weighted by molar-refractivity contribution is -0.134. The molecule has 0 bridgehead atoms. The summed E-state index contributed by atoms with van der Waals surface area (Å²) < 4.78 is 5.67. The van der Waals surface area contributed by atoms with Crippen molar-refractivity contribution in [1.82, 2.24) is 14.7 Å². The zero-order valence-electron chi connectivity index (χ0n) is 16.5. The van der Waals surface area contributed by atoms with E-state index in [4.69, 9.17) is 4.74 Å². The van der Waals surface area contributed by atoms with Crippen LogP contribution in [0.1, 0.15) is 25.3 Å². The molecule has 1 amide bonds. The SMILES string of the molecule is Cc1cccc(OCC(=O)N2CCC(CN3CCN(C)CC3C)CC2)c1. The number of piperidine rings is 1. The summed E-state index contributed by atoms with van der Waals surface area (Å²) in [5.41, 5.74) is 1.15. The maximum atomic E-state index is 12.4. The number of amides is 1. The molecule has 0 radical (unpaired) electrons. The minimum absolute atomic E-state index is 0.109. The first-order valence-corrected chi connectivity index (χ1v) is 9.91. The molecule has 2 fully saturated rings. The lowest BCUT2D eigenvalue weighted by Gasteiger charge is -2.41. The van der Waals surface area contributed by atoms with Gasteiger partial charge in [0, 0.05) is 45.3 Å². The molecule has 2 aliphatic rings. The van der Waals surface area contributed by atoms with E-state index in [9.17, 15) is 4.79 Å². The molecule has 5 nitrogen and oxygen atoms in total. The number of hydrogen-bond donors (Lipinski definition) is 0. The monoisotopic (exact) mass is 359 g/mol. The minimum atomic E-state index is 0.109. The molecule has 2 heterocycles. The average Bonchev–Trinajstić information content (AvgIpc) is 2.63. The van der Waals surface area contributed by atoms with Gasteiger partial charge in [0.05, 0.1) is 0 Å². The van der Waals surface area contributed by atoms with Crippen LogP contribution >= 0.6 is 0 Å². The Morgan fingerprint density at radius 3 is 2.65 bits per heavy atom. The van der Waals surface area contributed by atoms with E-state index >= 15 is 0 Å².